The van der Waals surface area contributed by atoms with Crippen LogP contribution >= 0.6 is 11.3 Å². The maximum absolute atomic E-state index is 14.1. The largest absolute Gasteiger partial charge is 0.386 e. The summed E-state index contributed by atoms with van der Waals surface area (Å²) in [6, 6.07) is 1.05. The van der Waals surface area contributed by atoms with Crippen LogP contribution in [0.3, 0.4) is 0 Å². The lowest BCUT2D eigenvalue weighted by molar-refractivity contribution is -0.133. The van der Waals surface area contributed by atoms with Crippen LogP contribution in [0.25, 0.3) is 10.4 Å². The fourth-order valence-corrected chi connectivity index (χ4v) is 5.37. The first-order chi connectivity index (χ1) is 19.2. The number of hydrogen-bond acceptors (Lipinski definition) is 7. The van der Waals surface area contributed by atoms with E-state index in [1.807, 2.05) is 13.8 Å². The van der Waals surface area contributed by atoms with E-state index in [0.717, 1.165) is 30.6 Å². The van der Waals surface area contributed by atoms with Crippen molar-refractivity contribution in [1.29, 1.82) is 0 Å². The summed E-state index contributed by atoms with van der Waals surface area (Å²) in [6.07, 6.45) is -3.01. The Bertz CT molecular complexity index is 1240. The van der Waals surface area contributed by atoms with Crippen LogP contribution in [0.4, 0.5) is 27.8 Å². The third-order valence-corrected chi connectivity index (χ3v) is 7.56. The molecule has 2 fully saturated rings. The molecule has 0 aromatic carbocycles. The Balaban J connectivity index is 0.000000850. The standard InChI is InChI=1S/C24H30F2N6O3S.C2H3F3/c1-4-7-27-18-9-16(21(25)26)17(10-28-18)20-19(24(35)32-8-5-6-13(32)2)30-23(36-20)22(34)29-15-11-31(12-15)14(3)33;1-2(3,4)5/h9-10,13,15,21H,4-8,11-12H2,1-3H3,(H,27,28)(H,29,34);1H3. The van der Waals surface area contributed by atoms with Crippen LogP contribution in [0.1, 0.15) is 79.2 Å². The Morgan fingerprint density at radius 2 is 1.88 bits per heavy atom. The molecule has 41 heavy (non-hydrogen) atoms. The van der Waals surface area contributed by atoms with Gasteiger partial charge in [-0.15, -0.1) is 11.3 Å². The smallest absolute Gasteiger partial charge is 0.370 e. The monoisotopic (exact) mass is 604 g/mol. The summed E-state index contributed by atoms with van der Waals surface area (Å²) >= 11 is 0.903. The van der Waals surface area contributed by atoms with Crippen molar-refractivity contribution >= 4 is 34.9 Å². The molecule has 226 valence electrons. The molecule has 2 N–H and O–H groups in total. The third kappa shape index (κ3) is 8.57. The van der Waals surface area contributed by atoms with Gasteiger partial charge in [-0.2, -0.15) is 13.2 Å². The number of halogens is 5. The van der Waals surface area contributed by atoms with Crippen LogP contribution in [0, 0.1) is 0 Å². The average molecular weight is 605 g/mol. The van der Waals surface area contributed by atoms with E-state index in [4.69, 9.17) is 0 Å². The number of pyridine rings is 1. The van der Waals surface area contributed by atoms with Gasteiger partial charge in [0, 0.05) is 63.4 Å². The van der Waals surface area contributed by atoms with Crippen molar-refractivity contribution in [2.45, 2.75) is 71.6 Å². The predicted molar refractivity (Wildman–Crippen MR) is 144 cm³/mol. The van der Waals surface area contributed by atoms with Crippen LogP contribution < -0.4 is 10.6 Å². The van der Waals surface area contributed by atoms with Crippen molar-refractivity contribution < 1.29 is 36.3 Å². The van der Waals surface area contributed by atoms with Crippen molar-refractivity contribution in [3.05, 3.63) is 28.5 Å². The topological polar surface area (TPSA) is 108 Å². The van der Waals surface area contributed by atoms with Crippen molar-refractivity contribution in [2.24, 2.45) is 0 Å². The number of nitrogens with zero attached hydrogens (tertiary/aromatic N) is 4. The molecule has 1 atom stereocenters. The van der Waals surface area contributed by atoms with Gasteiger partial charge in [0.25, 0.3) is 18.2 Å². The molecule has 1 unspecified atom stereocenters. The molecular weight excluding hydrogens is 571 g/mol. The molecule has 0 spiro atoms. The molecule has 2 aromatic rings. The first-order valence-corrected chi connectivity index (χ1v) is 14.0. The van der Waals surface area contributed by atoms with Gasteiger partial charge in [0.1, 0.15) is 11.5 Å². The summed E-state index contributed by atoms with van der Waals surface area (Å²) in [5, 5.41) is 5.82. The molecule has 9 nitrogen and oxygen atoms in total. The number of likely N-dealkylation sites (tertiary alicyclic amines) is 2. The molecule has 0 bridgehead atoms. The van der Waals surface area contributed by atoms with Crippen LogP contribution in [0.15, 0.2) is 12.3 Å². The second kappa shape index (κ2) is 13.5. The number of thiazole rings is 1. The van der Waals surface area contributed by atoms with Gasteiger partial charge in [-0.25, -0.2) is 18.7 Å². The SMILES string of the molecule is CC(F)(F)F.CCCNc1cc(C(F)F)c(-c2sc(C(=O)NC3CN(C(C)=O)C3)nc2C(=O)N2CCCC2C)cn1. The van der Waals surface area contributed by atoms with Gasteiger partial charge >= 0.3 is 6.18 Å². The zero-order valence-corrected chi connectivity index (χ0v) is 24.0. The quantitative estimate of drug-likeness (QED) is 0.406. The molecule has 0 aliphatic carbocycles. The number of amides is 3. The highest BCUT2D eigenvalue weighted by atomic mass is 32.1. The zero-order valence-electron chi connectivity index (χ0n) is 23.1. The maximum Gasteiger partial charge on any atom is 0.386 e. The van der Waals surface area contributed by atoms with E-state index in [1.165, 1.54) is 19.2 Å². The molecule has 2 saturated heterocycles. The Kier molecular flexibility index (Phi) is 10.6. The number of carbonyl (C=O) groups is 3. The van der Waals surface area contributed by atoms with E-state index in [2.05, 4.69) is 20.6 Å². The minimum absolute atomic E-state index is 0.00909. The number of alkyl halides is 5. The third-order valence-electron chi connectivity index (χ3n) is 6.47. The van der Waals surface area contributed by atoms with Crippen LogP contribution in [-0.2, 0) is 4.79 Å². The van der Waals surface area contributed by atoms with Crippen molar-refractivity contribution in [3.63, 3.8) is 0 Å². The van der Waals surface area contributed by atoms with E-state index >= 15 is 0 Å². The van der Waals surface area contributed by atoms with Crippen LogP contribution in [0.5, 0.6) is 0 Å². The van der Waals surface area contributed by atoms with Crippen molar-refractivity contribution in [3.8, 4) is 10.4 Å². The molecule has 0 saturated carbocycles. The van der Waals surface area contributed by atoms with Gasteiger partial charge in [-0.05, 0) is 32.3 Å². The highest BCUT2D eigenvalue weighted by Crippen LogP contribution is 2.38. The second-order valence-corrected chi connectivity index (χ2v) is 10.9. The fourth-order valence-electron chi connectivity index (χ4n) is 4.38. The number of aromatic nitrogens is 2. The predicted octanol–water partition coefficient (Wildman–Crippen LogP) is 5.12. The Morgan fingerprint density at radius 1 is 1.22 bits per heavy atom. The number of anilines is 1. The fraction of sp³-hybridized carbons (Fsp3) is 0.577. The molecule has 4 heterocycles. The number of hydrogen-bond donors (Lipinski definition) is 2. The average Bonchev–Trinajstić information content (AvgIpc) is 3.49. The Hall–Kier alpha value is -3.36. The molecular formula is C26H33F5N6O3S. The van der Waals surface area contributed by atoms with E-state index in [1.54, 1.807) is 9.80 Å². The molecule has 15 heteroatoms. The summed E-state index contributed by atoms with van der Waals surface area (Å²) < 4.78 is 59.3. The van der Waals surface area contributed by atoms with E-state index in [9.17, 15) is 36.3 Å². The van der Waals surface area contributed by atoms with E-state index in [-0.39, 0.29) is 57.5 Å². The highest BCUT2D eigenvalue weighted by Gasteiger charge is 2.35. The zero-order chi connectivity index (χ0) is 30.5. The van der Waals surface area contributed by atoms with Gasteiger partial charge in [0.15, 0.2) is 5.01 Å². The summed E-state index contributed by atoms with van der Waals surface area (Å²) in [5.74, 6) is -0.645. The van der Waals surface area contributed by atoms with Crippen molar-refractivity contribution in [2.75, 3.05) is 31.5 Å². The highest BCUT2D eigenvalue weighted by molar-refractivity contribution is 7.17. The lowest BCUT2D eigenvalue weighted by Crippen LogP contribution is -2.60. The summed E-state index contributed by atoms with van der Waals surface area (Å²) in [4.78, 5) is 49.9. The minimum atomic E-state index is -4.00. The second-order valence-electron chi connectivity index (χ2n) is 9.95. The summed E-state index contributed by atoms with van der Waals surface area (Å²) in [7, 11) is 0. The molecule has 3 amide bonds. The normalized spacial score (nSPS) is 17.2. The molecule has 0 radical (unpaired) electrons. The van der Waals surface area contributed by atoms with Crippen LogP contribution in [-0.4, -0.2) is 81.9 Å². The first-order valence-electron chi connectivity index (χ1n) is 13.2. The van der Waals surface area contributed by atoms with Gasteiger partial charge in [0.2, 0.25) is 5.91 Å². The number of nitrogens with one attached hydrogen (secondary N) is 2. The lowest BCUT2D eigenvalue weighted by atomic mass is 10.1. The molecule has 2 aliphatic rings. The van der Waals surface area contributed by atoms with Gasteiger partial charge in [-0.1, -0.05) is 6.92 Å². The van der Waals surface area contributed by atoms with E-state index < -0.39 is 18.5 Å². The summed E-state index contributed by atoms with van der Waals surface area (Å²) in [5.41, 5.74) is -0.208. The minimum Gasteiger partial charge on any atom is -0.370 e. The summed E-state index contributed by atoms with van der Waals surface area (Å²) in [6.45, 7) is 7.44. The lowest BCUT2D eigenvalue weighted by Gasteiger charge is -2.38. The van der Waals surface area contributed by atoms with Gasteiger partial charge < -0.3 is 20.4 Å². The maximum atomic E-state index is 14.1. The Labute approximate surface area is 238 Å². The van der Waals surface area contributed by atoms with Gasteiger partial charge in [-0.3, -0.25) is 14.4 Å². The first kappa shape index (κ1) is 32.2. The molecule has 2 aromatic heterocycles. The van der Waals surface area contributed by atoms with E-state index in [0.29, 0.717) is 32.0 Å². The van der Waals surface area contributed by atoms with Crippen molar-refractivity contribution in [1.82, 2.24) is 25.1 Å². The van der Waals surface area contributed by atoms with Gasteiger partial charge in [0.05, 0.1) is 10.9 Å². The Morgan fingerprint density at radius 3 is 2.41 bits per heavy atom. The molecule has 2 aliphatic heterocycles. The number of carbonyl (C=O) groups excluding carboxylic acids is 3. The molecule has 4 rings (SSSR count). The number of rotatable bonds is 8. The van der Waals surface area contributed by atoms with Crippen LogP contribution in [0.2, 0.25) is 0 Å².